The molecule has 0 spiro atoms. The van der Waals surface area contributed by atoms with Gasteiger partial charge in [0.25, 0.3) is 0 Å². The Morgan fingerprint density at radius 2 is 1.94 bits per heavy atom. The van der Waals surface area contributed by atoms with Gasteiger partial charge in [0.05, 0.1) is 6.04 Å². The van der Waals surface area contributed by atoms with E-state index in [1.165, 1.54) is 5.56 Å². The van der Waals surface area contributed by atoms with E-state index in [2.05, 4.69) is 43.4 Å². The molecule has 0 aliphatic carbocycles. The van der Waals surface area contributed by atoms with E-state index in [0.717, 1.165) is 12.0 Å². The lowest BCUT2D eigenvalue weighted by Gasteiger charge is -2.17. The molecule has 0 aromatic heterocycles. The van der Waals surface area contributed by atoms with E-state index < -0.39 is 0 Å². The molecular formula is C15H24N2O. The van der Waals surface area contributed by atoms with Crippen LogP contribution in [0, 0.1) is 12.8 Å². The molecule has 0 saturated heterocycles. The summed E-state index contributed by atoms with van der Waals surface area (Å²) in [6.07, 6.45) is 1.46. The van der Waals surface area contributed by atoms with Crippen molar-refractivity contribution in [2.75, 3.05) is 6.54 Å². The van der Waals surface area contributed by atoms with Crippen LogP contribution in [0.15, 0.2) is 24.3 Å². The first-order valence-corrected chi connectivity index (χ1v) is 6.62. The average Bonchev–Trinajstić information content (AvgIpc) is 2.36. The number of carbonyl (C=O) groups excluding carboxylic acids is 1. The van der Waals surface area contributed by atoms with Crippen LogP contribution in [0.4, 0.5) is 0 Å². The van der Waals surface area contributed by atoms with Crippen LogP contribution in [-0.2, 0) is 4.79 Å². The zero-order valence-electron chi connectivity index (χ0n) is 11.6. The molecule has 3 N–H and O–H groups in total. The van der Waals surface area contributed by atoms with E-state index in [9.17, 15) is 4.79 Å². The van der Waals surface area contributed by atoms with Crippen molar-refractivity contribution in [3.63, 3.8) is 0 Å². The van der Waals surface area contributed by atoms with Crippen molar-refractivity contribution in [3.05, 3.63) is 35.4 Å². The Kier molecular flexibility index (Phi) is 5.86. The highest BCUT2D eigenvalue weighted by molar-refractivity contribution is 5.76. The van der Waals surface area contributed by atoms with E-state index in [0.29, 0.717) is 13.0 Å². The van der Waals surface area contributed by atoms with Crippen molar-refractivity contribution >= 4 is 5.91 Å². The summed E-state index contributed by atoms with van der Waals surface area (Å²) in [6.45, 7) is 6.70. The second-order valence-electron chi connectivity index (χ2n) is 4.91. The summed E-state index contributed by atoms with van der Waals surface area (Å²) >= 11 is 0. The van der Waals surface area contributed by atoms with E-state index in [1.807, 2.05) is 6.92 Å². The lowest BCUT2D eigenvalue weighted by molar-refractivity contribution is -0.122. The molecule has 18 heavy (non-hydrogen) atoms. The van der Waals surface area contributed by atoms with E-state index >= 15 is 0 Å². The van der Waals surface area contributed by atoms with E-state index in [4.69, 9.17) is 5.73 Å². The van der Waals surface area contributed by atoms with Crippen LogP contribution in [0.2, 0.25) is 0 Å². The third-order valence-electron chi connectivity index (χ3n) is 3.34. The number of carbonyl (C=O) groups is 1. The Morgan fingerprint density at radius 1 is 1.33 bits per heavy atom. The predicted octanol–water partition coefficient (Wildman–Crippen LogP) is 2.55. The zero-order valence-corrected chi connectivity index (χ0v) is 11.6. The highest BCUT2D eigenvalue weighted by Crippen LogP contribution is 2.14. The Morgan fingerprint density at radius 3 is 2.44 bits per heavy atom. The maximum atomic E-state index is 11.9. The molecule has 1 aromatic rings. The highest BCUT2D eigenvalue weighted by Gasteiger charge is 2.13. The molecule has 3 nitrogen and oxygen atoms in total. The van der Waals surface area contributed by atoms with Crippen LogP contribution < -0.4 is 11.1 Å². The molecule has 1 amide bonds. The van der Waals surface area contributed by atoms with Gasteiger partial charge in [-0.15, -0.1) is 0 Å². The van der Waals surface area contributed by atoms with Gasteiger partial charge in [-0.05, 0) is 31.9 Å². The summed E-state index contributed by atoms with van der Waals surface area (Å²) in [5.74, 6) is 0.371. The van der Waals surface area contributed by atoms with Gasteiger partial charge in [0, 0.05) is 6.42 Å². The molecule has 0 radical (unpaired) electrons. The normalized spacial score (nSPS) is 14.0. The van der Waals surface area contributed by atoms with Gasteiger partial charge in [-0.25, -0.2) is 0 Å². The minimum absolute atomic E-state index is 0.0494. The molecule has 2 atom stereocenters. The molecule has 3 heteroatoms. The molecule has 0 fully saturated rings. The Balaban J connectivity index is 2.51. The van der Waals surface area contributed by atoms with Gasteiger partial charge in [-0.3, -0.25) is 4.79 Å². The third kappa shape index (κ3) is 4.49. The largest absolute Gasteiger partial charge is 0.350 e. The topological polar surface area (TPSA) is 55.1 Å². The summed E-state index contributed by atoms with van der Waals surface area (Å²) in [7, 11) is 0. The van der Waals surface area contributed by atoms with Crippen molar-refractivity contribution in [1.82, 2.24) is 5.32 Å². The number of nitrogens with one attached hydrogen (secondary N) is 1. The van der Waals surface area contributed by atoms with Crippen molar-refractivity contribution in [3.8, 4) is 0 Å². The van der Waals surface area contributed by atoms with Gasteiger partial charge in [-0.1, -0.05) is 43.2 Å². The molecule has 1 aromatic carbocycles. The molecule has 0 aliphatic heterocycles. The maximum Gasteiger partial charge on any atom is 0.220 e. The van der Waals surface area contributed by atoms with Gasteiger partial charge in [-0.2, -0.15) is 0 Å². The van der Waals surface area contributed by atoms with Gasteiger partial charge in [0.1, 0.15) is 0 Å². The number of amides is 1. The standard InChI is InChI=1S/C15H24N2O/c1-4-13(10-16)9-15(18)17-12(3)14-7-5-11(2)6-8-14/h5-8,12-13H,4,9-10,16H2,1-3H3,(H,17,18)/t12-,13?/m0/s1. The SMILES string of the molecule is CCC(CN)CC(=O)N[C@@H](C)c1ccc(C)cc1. The number of aryl methyl sites for hydroxylation is 1. The highest BCUT2D eigenvalue weighted by atomic mass is 16.1. The quantitative estimate of drug-likeness (QED) is 0.813. The minimum Gasteiger partial charge on any atom is -0.350 e. The Hall–Kier alpha value is -1.35. The van der Waals surface area contributed by atoms with Crippen LogP contribution in [-0.4, -0.2) is 12.5 Å². The summed E-state index contributed by atoms with van der Waals surface area (Å²) < 4.78 is 0. The third-order valence-corrected chi connectivity index (χ3v) is 3.34. The Labute approximate surface area is 110 Å². The fourth-order valence-corrected chi connectivity index (χ4v) is 1.90. The van der Waals surface area contributed by atoms with Gasteiger partial charge in [0.15, 0.2) is 0 Å². The molecule has 1 rings (SSSR count). The van der Waals surface area contributed by atoms with Gasteiger partial charge in [0.2, 0.25) is 5.91 Å². The van der Waals surface area contributed by atoms with Crippen LogP contribution >= 0.6 is 0 Å². The summed E-state index contributed by atoms with van der Waals surface area (Å²) in [4.78, 5) is 11.9. The van der Waals surface area contributed by atoms with Crippen molar-refractivity contribution in [2.45, 2.75) is 39.7 Å². The molecule has 0 bridgehead atoms. The predicted molar refractivity (Wildman–Crippen MR) is 75.2 cm³/mol. The number of benzene rings is 1. The molecule has 0 heterocycles. The minimum atomic E-state index is 0.0494. The number of hydrogen-bond donors (Lipinski definition) is 2. The van der Waals surface area contributed by atoms with Crippen molar-refractivity contribution in [2.24, 2.45) is 11.7 Å². The van der Waals surface area contributed by atoms with Crippen LogP contribution in [0.25, 0.3) is 0 Å². The fourth-order valence-electron chi connectivity index (χ4n) is 1.90. The second-order valence-corrected chi connectivity index (χ2v) is 4.91. The molecule has 1 unspecified atom stereocenters. The first-order chi connectivity index (χ1) is 8.56. The van der Waals surface area contributed by atoms with Crippen molar-refractivity contribution < 1.29 is 4.79 Å². The summed E-state index contributed by atoms with van der Waals surface area (Å²) in [6, 6.07) is 8.29. The number of hydrogen-bond acceptors (Lipinski definition) is 2. The molecule has 100 valence electrons. The monoisotopic (exact) mass is 248 g/mol. The summed E-state index contributed by atoms with van der Waals surface area (Å²) in [5.41, 5.74) is 7.97. The Bertz CT molecular complexity index is 369. The smallest absolute Gasteiger partial charge is 0.220 e. The molecule has 0 saturated carbocycles. The summed E-state index contributed by atoms with van der Waals surface area (Å²) in [5, 5.41) is 3.02. The average molecular weight is 248 g/mol. The zero-order chi connectivity index (χ0) is 13.5. The van der Waals surface area contributed by atoms with Gasteiger partial charge >= 0.3 is 0 Å². The van der Waals surface area contributed by atoms with Crippen LogP contribution in [0.1, 0.15) is 43.9 Å². The van der Waals surface area contributed by atoms with E-state index in [1.54, 1.807) is 0 Å². The maximum absolute atomic E-state index is 11.9. The number of nitrogens with two attached hydrogens (primary N) is 1. The van der Waals surface area contributed by atoms with Crippen LogP contribution in [0.5, 0.6) is 0 Å². The molecule has 0 aliphatic rings. The number of rotatable bonds is 6. The fraction of sp³-hybridized carbons (Fsp3) is 0.533. The first-order valence-electron chi connectivity index (χ1n) is 6.62. The van der Waals surface area contributed by atoms with E-state index in [-0.39, 0.29) is 17.9 Å². The van der Waals surface area contributed by atoms with Crippen LogP contribution in [0.3, 0.4) is 0 Å². The lowest BCUT2D eigenvalue weighted by Crippen LogP contribution is -2.30. The second kappa shape index (κ2) is 7.17. The van der Waals surface area contributed by atoms with Gasteiger partial charge < -0.3 is 11.1 Å². The lowest BCUT2D eigenvalue weighted by atomic mass is 10.0. The first kappa shape index (κ1) is 14.7. The molecular weight excluding hydrogens is 224 g/mol. The van der Waals surface area contributed by atoms with Crippen molar-refractivity contribution in [1.29, 1.82) is 0 Å².